The number of rotatable bonds is 7. The second-order valence-corrected chi connectivity index (χ2v) is 8.56. The monoisotopic (exact) mass is 506 g/mol. The number of amides is 1. The van der Waals surface area contributed by atoms with Gasteiger partial charge in [0.25, 0.3) is 11.5 Å². The van der Waals surface area contributed by atoms with Gasteiger partial charge < -0.3 is 9.47 Å². The molecule has 0 fully saturated rings. The molecule has 4 heterocycles. The van der Waals surface area contributed by atoms with Gasteiger partial charge in [-0.1, -0.05) is 48.5 Å². The lowest BCUT2D eigenvalue weighted by Crippen LogP contribution is -2.35. The number of carbonyl (C=O) groups excluding carboxylic acids is 1. The molecule has 0 saturated carbocycles. The second kappa shape index (κ2) is 9.75. The lowest BCUT2D eigenvalue weighted by atomic mass is 10.1. The van der Waals surface area contributed by atoms with Crippen molar-refractivity contribution in [2.45, 2.75) is 6.61 Å². The predicted octanol–water partition coefficient (Wildman–Crippen LogP) is 3.55. The average Bonchev–Trinajstić information content (AvgIpc) is 3.32. The van der Waals surface area contributed by atoms with Crippen molar-refractivity contribution in [3.05, 3.63) is 101 Å². The summed E-state index contributed by atoms with van der Waals surface area (Å²) in [7, 11) is 1.60. The highest BCUT2D eigenvalue weighted by molar-refractivity contribution is 5.89. The van der Waals surface area contributed by atoms with Crippen molar-refractivity contribution in [2.24, 2.45) is 0 Å². The van der Waals surface area contributed by atoms with Crippen LogP contribution in [0.2, 0.25) is 0 Å². The first-order chi connectivity index (χ1) is 18.6. The Morgan fingerprint density at radius 3 is 2.68 bits per heavy atom. The second-order valence-electron chi connectivity index (χ2n) is 8.56. The smallest absolute Gasteiger partial charge is 0.280 e. The fraction of sp³-hybridized carbons (Fsp3) is 0.107. The largest absolute Gasteiger partial charge is 0.481 e. The number of pyridine rings is 2. The van der Waals surface area contributed by atoms with Crippen LogP contribution in [-0.2, 0) is 16.1 Å². The topological polar surface area (TPSA) is 113 Å². The zero-order valence-corrected chi connectivity index (χ0v) is 20.4. The minimum atomic E-state index is -0.499. The zero-order chi connectivity index (χ0) is 26.1. The Kier molecular flexibility index (Phi) is 5.98. The van der Waals surface area contributed by atoms with Crippen molar-refractivity contribution in [1.82, 2.24) is 24.3 Å². The molecule has 2 aromatic carbocycles. The van der Waals surface area contributed by atoms with Gasteiger partial charge in [0.05, 0.1) is 28.8 Å². The number of nitrogens with one attached hydrogen (secondary N) is 1. The third-order valence-corrected chi connectivity index (χ3v) is 6.13. The van der Waals surface area contributed by atoms with Crippen LogP contribution in [0.4, 0.5) is 0 Å². The number of hydrogen-bond acceptors (Lipinski definition) is 7. The quantitative estimate of drug-likeness (QED) is 0.352. The molecule has 6 aromatic rings. The van der Waals surface area contributed by atoms with E-state index >= 15 is 0 Å². The summed E-state index contributed by atoms with van der Waals surface area (Å²) in [6.45, 7) is -0.00809. The number of benzene rings is 2. The number of methoxy groups -OCH3 is 1. The van der Waals surface area contributed by atoms with E-state index in [9.17, 15) is 9.59 Å². The Morgan fingerprint density at radius 2 is 1.84 bits per heavy atom. The molecular formula is C28H22N6O4. The van der Waals surface area contributed by atoms with E-state index in [1.54, 1.807) is 30.0 Å². The molecule has 38 heavy (non-hydrogen) atoms. The lowest BCUT2D eigenvalue weighted by molar-refractivity contribution is -0.119. The first-order valence-electron chi connectivity index (χ1n) is 11.9. The van der Waals surface area contributed by atoms with E-state index < -0.39 is 11.5 Å². The standard InChI is InChI=1S/C28H22N6O4/c1-37-16-21-25(18-7-3-2-4-8-18)27-30-15-20-22(34(27)31-21)12-14-33(28(20)36)32-24(35)17-38-23-11-5-9-19-10-6-13-29-26(19)23/h2-15H,16-17H2,1H3,(H,32,35). The van der Waals surface area contributed by atoms with Crippen LogP contribution in [0.1, 0.15) is 5.69 Å². The highest BCUT2D eigenvalue weighted by Crippen LogP contribution is 2.29. The van der Waals surface area contributed by atoms with Gasteiger partial charge in [-0.15, -0.1) is 0 Å². The number of carbonyl (C=O) groups is 1. The lowest BCUT2D eigenvalue weighted by Gasteiger charge is -2.11. The Balaban J connectivity index is 1.30. The first-order valence-corrected chi connectivity index (χ1v) is 11.9. The fourth-order valence-electron chi connectivity index (χ4n) is 4.44. The maximum Gasteiger partial charge on any atom is 0.280 e. The molecule has 1 N–H and O–H groups in total. The molecular weight excluding hydrogens is 484 g/mol. The van der Waals surface area contributed by atoms with Crippen LogP contribution < -0.4 is 15.7 Å². The molecule has 188 valence electrons. The summed E-state index contributed by atoms with van der Waals surface area (Å²) in [6.07, 6.45) is 4.65. The summed E-state index contributed by atoms with van der Waals surface area (Å²) in [4.78, 5) is 34.8. The van der Waals surface area contributed by atoms with E-state index in [-0.39, 0.29) is 13.2 Å². The maximum absolute atomic E-state index is 13.2. The average molecular weight is 507 g/mol. The zero-order valence-electron chi connectivity index (χ0n) is 20.4. The molecule has 0 bridgehead atoms. The SMILES string of the molecule is COCc1nn2c(ncc3c(=O)n(NC(=O)COc4cccc5cccnc45)ccc32)c1-c1ccccc1. The van der Waals surface area contributed by atoms with Crippen molar-refractivity contribution in [2.75, 3.05) is 19.1 Å². The summed E-state index contributed by atoms with van der Waals surface area (Å²) < 4.78 is 13.8. The van der Waals surface area contributed by atoms with Gasteiger partial charge >= 0.3 is 0 Å². The number of aromatic nitrogens is 5. The van der Waals surface area contributed by atoms with E-state index in [0.717, 1.165) is 21.2 Å². The van der Waals surface area contributed by atoms with Crippen LogP contribution in [0, 0.1) is 0 Å². The fourth-order valence-corrected chi connectivity index (χ4v) is 4.44. The number of nitrogens with zero attached hydrogens (tertiary/aromatic N) is 5. The molecule has 6 rings (SSSR count). The Labute approximate surface area is 216 Å². The van der Waals surface area contributed by atoms with Crippen molar-refractivity contribution in [3.8, 4) is 16.9 Å². The van der Waals surface area contributed by atoms with Crippen molar-refractivity contribution < 1.29 is 14.3 Å². The molecule has 10 heteroatoms. The Hall–Kier alpha value is -5.09. The van der Waals surface area contributed by atoms with Crippen LogP contribution in [0.15, 0.2) is 90.1 Å². The van der Waals surface area contributed by atoms with Crippen LogP contribution >= 0.6 is 0 Å². The van der Waals surface area contributed by atoms with E-state index in [0.29, 0.717) is 33.5 Å². The summed E-state index contributed by atoms with van der Waals surface area (Å²) in [6, 6.07) is 20.7. The molecule has 0 spiro atoms. The molecule has 0 unspecified atom stereocenters. The predicted molar refractivity (Wildman–Crippen MR) is 143 cm³/mol. The van der Waals surface area contributed by atoms with Crippen molar-refractivity contribution in [1.29, 1.82) is 0 Å². The van der Waals surface area contributed by atoms with Crippen LogP contribution in [0.5, 0.6) is 5.75 Å². The molecule has 0 saturated heterocycles. The minimum absolute atomic E-state index is 0.286. The summed E-state index contributed by atoms with van der Waals surface area (Å²) in [5.41, 5.74) is 6.44. The number of ether oxygens (including phenoxy) is 2. The number of fused-ring (bicyclic) bond motifs is 4. The van der Waals surface area contributed by atoms with Crippen LogP contribution in [0.25, 0.3) is 38.6 Å². The molecule has 0 aliphatic carbocycles. The highest BCUT2D eigenvalue weighted by atomic mass is 16.5. The van der Waals surface area contributed by atoms with Crippen molar-refractivity contribution in [3.63, 3.8) is 0 Å². The van der Waals surface area contributed by atoms with Gasteiger partial charge in [0, 0.05) is 31.1 Å². The summed E-state index contributed by atoms with van der Waals surface area (Å²) in [5, 5.41) is 5.89. The van der Waals surface area contributed by atoms with Crippen LogP contribution in [0.3, 0.4) is 0 Å². The third kappa shape index (κ3) is 4.12. The Bertz CT molecular complexity index is 1860. The number of hydrogen-bond donors (Lipinski definition) is 1. The van der Waals surface area contributed by atoms with Gasteiger partial charge in [-0.3, -0.25) is 20.0 Å². The van der Waals surface area contributed by atoms with Crippen LogP contribution in [-0.4, -0.2) is 43.9 Å². The molecule has 10 nitrogen and oxygen atoms in total. The van der Waals surface area contributed by atoms with E-state index in [4.69, 9.17) is 14.6 Å². The number of para-hydroxylation sites is 1. The third-order valence-electron chi connectivity index (χ3n) is 6.13. The Morgan fingerprint density at radius 1 is 1.00 bits per heavy atom. The van der Waals surface area contributed by atoms with E-state index in [1.807, 2.05) is 54.6 Å². The summed E-state index contributed by atoms with van der Waals surface area (Å²) >= 11 is 0. The van der Waals surface area contributed by atoms with Crippen molar-refractivity contribution >= 4 is 33.4 Å². The van der Waals surface area contributed by atoms with Gasteiger partial charge in [0.2, 0.25) is 0 Å². The minimum Gasteiger partial charge on any atom is -0.481 e. The molecule has 4 aromatic heterocycles. The molecule has 0 aliphatic rings. The molecule has 0 radical (unpaired) electrons. The highest BCUT2D eigenvalue weighted by Gasteiger charge is 2.19. The molecule has 0 atom stereocenters. The first kappa shape index (κ1) is 23.3. The normalized spacial score (nSPS) is 11.3. The van der Waals surface area contributed by atoms with Gasteiger partial charge in [-0.2, -0.15) is 5.10 Å². The van der Waals surface area contributed by atoms with Gasteiger partial charge in [0.1, 0.15) is 11.3 Å². The maximum atomic E-state index is 13.2. The van der Waals surface area contributed by atoms with Gasteiger partial charge in [-0.25, -0.2) is 14.2 Å². The van der Waals surface area contributed by atoms with Gasteiger partial charge in [0.15, 0.2) is 12.3 Å². The van der Waals surface area contributed by atoms with Gasteiger partial charge in [-0.05, 0) is 23.8 Å². The van der Waals surface area contributed by atoms with E-state index in [1.165, 1.54) is 12.4 Å². The summed E-state index contributed by atoms with van der Waals surface area (Å²) in [5.74, 6) is -0.0169. The van der Waals surface area contributed by atoms with E-state index in [2.05, 4.69) is 15.4 Å². The molecule has 1 amide bonds. The molecule has 0 aliphatic heterocycles.